The summed E-state index contributed by atoms with van der Waals surface area (Å²) in [5, 5.41) is 7.12. The average Bonchev–Trinajstić information content (AvgIpc) is 2.93. The summed E-state index contributed by atoms with van der Waals surface area (Å²) in [6.07, 6.45) is 4.79. The van der Waals surface area contributed by atoms with Crippen LogP contribution >= 0.6 is 11.8 Å². The molecule has 214 valence electrons. The molecule has 0 aliphatic carbocycles. The molecule has 2 aromatic carbocycles. The second-order valence-electron chi connectivity index (χ2n) is 10.2. The van der Waals surface area contributed by atoms with Gasteiger partial charge >= 0.3 is 12.1 Å². The number of benzene rings is 2. The Labute approximate surface area is 237 Å². The predicted octanol–water partition coefficient (Wildman–Crippen LogP) is 6.79. The number of hydrogen-bond acceptors (Lipinski definition) is 6. The Bertz CT molecular complexity index is 1280. The zero-order valence-corrected chi connectivity index (χ0v) is 23.5. The minimum absolute atomic E-state index is 0.387. The fourth-order valence-corrected chi connectivity index (χ4v) is 5.54. The van der Waals surface area contributed by atoms with Crippen LogP contribution in [0, 0.1) is 0 Å². The third-order valence-electron chi connectivity index (χ3n) is 7.05. The molecular formula is C30H34F3N3O3S. The molecule has 0 amide bonds. The number of likely N-dealkylation sites (N-methyl/N-ethyl adjacent to an activating group) is 1. The highest BCUT2D eigenvalue weighted by Gasteiger charge is 2.38. The molecule has 3 aromatic rings. The Morgan fingerprint density at radius 1 is 1.05 bits per heavy atom. The Morgan fingerprint density at radius 2 is 1.75 bits per heavy atom. The SMILES string of the molecule is CSc1ccc(C2CN(C)Cc3cc(Oc4cncc(CN5CCCCC5)c4)ccc32)cc1.O=C(O)C(F)(F)F. The molecule has 0 saturated carbocycles. The third-order valence-corrected chi connectivity index (χ3v) is 7.79. The second-order valence-corrected chi connectivity index (χ2v) is 11.0. The summed E-state index contributed by atoms with van der Waals surface area (Å²) in [5.74, 6) is -0.666. The van der Waals surface area contributed by atoms with E-state index in [4.69, 9.17) is 14.6 Å². The molecule has 0 spiro atoms. The lowest BCUT2D eigenvalue weighted by Crippen LogP contribution is -2.30. The van der Waals surface area contributed by atoms with Gasteiger partial charge in [0.25, 0.3) is 0 Å². The van der Waals surface area contributed by atoms with Crippen LogP contribution in [0.5, 0.6) is 11.5 Å². The van der Waals surface area contributed by atoms with Gasteiger partial charge in [-0.25, -0.2) is 4.79 Å². The van der Waals surface area contributed by atoms with Crippen LogP contribution in [0.3, 0.4) is 0 Å². The molecule has 1 saturated heterocycles. The summed E-state index contributed by atoms with van der Waals surface area (Å²) in [5.41, 5.74) is 5.36. The fourth-order valence-electron chi connectivity index (χ4n) is 5.13. The maximum Gasteiger partial charge on any atom is 0.490 e. The van der Waals surface area contributed by atoms with Crippen molar-refractivity contribution in [1.82, 2.24) is 14.8 Å². The summed E-state index contributed by atoms with van der Waals surface area (Å²) in [6, 6.07) is 17.8. The number of alkyl halides is 3. The van der Waals surface area contributed by atoms with Crippen molar-refractivity contribution in [2.75, 3.05) is 32.9 Å². The highest BCUT2D eigenvalue weighted by molar-refractivity contribution is 7.98. The van der Waals surface area contributed by atoms with E-state index in [1.807, 2.05) is 12.4 Å². The van der Waals surface area contributed by atoms with Crippen molar-refractivity contribution in [2.45, 2.75) is 49.3 Å². The molecule has 1 unspecified atom stereocenters. The van der Waals surface area contributed by atoms with Gasteiger partial charge in [0, 0.05) is 36.6 Å². The number of rotatable bonds is 6. The topological polar surface area (TPSA) is 65.9 Å². The first-order valence-electron chi connectivity index (χ1n) is 13.2. The number of aromatic nitrogens is 1. The minimum Gasteiger partial charge on any atom is -0.475 e. The van der Waals surface area contributed by atoms with E-state index in [1.165, 1.54) is 59.5 Å². The first-order valence-corrected chi connectivity index (χ1v) is 14.4. The van der Waals surface area contributed by atoms with E-state index < -0.39 is 12.1 Å². The molecule has 0 bridgehead atoms. The summed E-state index contributed by atoms with van der Waals surface area (Å²) in [4.78, 5) is 19.6. The van der Waals surface area contributed by atoms with Crippen LogP contribution in [0.4, 0.5) is 13.2 Å². The number of carboxylic acids is 1. The van der Waals surface area contributed by atoms with Gasteiger partial charge in [0.15, 0.2) is 0 Å². The zero-order valence-electron chi connectivity index (χ0n) is 22.7. The van der Waals surface area contributed by atoms with Crippen molar-refractivity contribution >= 4 is 17.7 Å². The van der Waals surface area contributed by atoms with Gasteiger partial charge in [-0.2, -0.15) is 13.2 Å². The van der Waals surface area contributed by atoms with Gasteiger partial charge in [0.2, 0.25) is 0 Å². The summed E-state index contributed by atoms with van der Waals surface area (Å²) < 4.78 is 38.0. The largest absolute Gasteiger partial charge is 0.490 e. The van der Waals surface area contributed by atoms with Crippen LogP contribution in [-0.2, 0) is 17.9 Å². The van der Waals surface area contributed by atoms with Crippen LogP contribution in [0.1, 0.15) is 47.4 Å². The Hall–Kier alpha value is -3.08. The summed E-state index contributed by atoms with van der Waals surface area (Å²) >= 11 is 1.79. The van der Waals surface area contributed by atoms with Gasteiger partial charge in [-0.05, 0) is 91.8 Å². The van der Waals surface area contributed by atoms with E-state index in [0.29, 0.717) is 5.92 Å². The predicted molar refractivity (Wildman–Crippen MR) is 150 cm³/mol. The van der Waals surface area contributed by atoms with Gasteiger partial charge in [-0.3, -0.25) is 9.88 Å². The van der Waals surface area contributed by atoms with Gasteiger partial charge in [0.1, 0.15) is 11.5 Å². The number of piperidine rings is 1. The number of carbonyl (C=O) groups is 1. The minimum atomic E-state index is -5.08. The molecule has 5 rings (SSSR count). The number of halogens is 3. The van der Waals surface area contributed by atoms with Crippen LogP contribution in [0.2, 0.25) is 0 Å². The lowest BCUT2D eigenvalue weighted by molar-refractivity contribution is -0.192. The van der Waals surface area contributed by atoms with Crippen molar-refractivity contribution in [3.8, 4) is 11.5 Å². The number of nitrogens with zero attached hydrogens (tertiary/aromatic N) is 3. The molecule has 2 aliphatic heterocycles. The Kier molecular flexibility index (Phi) is 10.1. The van der Waals surface area contributed by atoms with Crippen molar-refractivity contribution in [2.24, 2.45) is 0 Å². The monoisotopic (exact) mass is 573 g/mol. The molecule has 1 atom stereocenters. The number of thioether (sulfide) groups is 1. The molecule has 3 heterocycles. The van der Waals surface area contributed by atoms with E-state index >= 15 is 0 Å². The number of hydrogen-bond donors (Lipinski definition) is 1. The number of fused-ring (bicyclic) bond motifs is 1. The lowest BCUT2D eigenvalue weighted by atomic mass is 9.85. The first kappa shape index (κ1) is 29.9. The van der Waals surface area contributed by atoms with Gasteiger partial charge in [-0.15, -0.1) is 11.8 Å². The van der Waals surface area contributed by atoms with Crippen LogP contribution < -0.4 is 4.74 Å². The highest BCUT2D eigenvalue weighted by Crippen LogP contribution is 2.36. The fraction of sp³-hybridized carbons (Fsp3) is 0.400. The van der Waals surface area contributed by atoms with Crippen molar-refractivity contribution in [1.29, 1.82) is 0 Å². The summed E-state index contributed by atoms with van der Waals surface area (Å²) in [7, 11) is 2.20. The maximum absolute atomic E-state index is 10.6. The number of ether oxygens (including phenoxy) is 1. The van der Waals surface area contributed by atoms with Crippen LogP contribution in [-0.4, -0.2) is 65.0 Å². The maximum atomic E-state index is 10.6. The quantitative estimate of drug-likeness (QED) is 0.326. The van der Waals surface area contributed by atoms with E-state index in [-0.39, 0.29) is 0 Å². The normalized spacial score (nSPS) is 17.9. The third kappa shape index (κ3) is 8.22. The van der Waals surface area contributed by atoms with E-state index in [0.717, 1.165) is 31.1 Å². The first-order chi connectivity index (χ1) is 19.1. The molecule has 1 aromatic heterocycles. The van der Waals surface area contributed by atoms with Gasteiger partial charge in [-0.1, -0.05) is 24.6 Å². The highest BCUT2D eigenvalue weighted by atomic mass is 32.2. The van der Waals surface area contributed by atoms with E-state index in [9.17, 15) is 13.2 Å². The molecule has 1 N–H and O–H groups in total. The van der Waals surface area contributed by atoms with Crippen molar-refractivity contribution in [3.05, 3.63) is 83.2 Å². The molecule has 2 aliphatic rings. The standard InChI is InChI=1S/C28H33N3OS.C2HF3O2/c1-30-19-23-15-24(8-11-27(23)28(20-30)22-6-9-26(33-2)10-7-22)32-25-14-21(16-29-17-25)18-31-12-4-3-5-13-31;3-2(4,5)1(6)7/h6-11,14-17,28H,3-5,12-13,18-20H2,1-2H3;(H,6,7). The van der Waals surface area contributed by atoms with Gasteiger partial charge in [0.05, 0.1) is 6.20 Å². The lowest BCUT2D eigenvalue weighted by Gasteiger charge is -2.33. The number of pyridine rings is 1. The second kappa shape index (κ2) is 13.5. The molecule has 6 nitrogen and oxygen atoms in total. The smallest absolute Gasteiger partial charge is 0.475 e. The number of carboxylic acid groups (broad SMARTS) is 1. The van der Waals surface area contributed by atoms with E-state index in [2.05, 4.69) is 76.6 Å². The molecule has 1 fully saturated rings. The Balaban J connectivity index is 0.000000470. The molecule has 0 radical (unpaired) electrons. The summed E-state index contributed by atoms with van der Waals surface area (Å²) in [6.45, 7) is 5.30. The molecule has 40 heavy (non-hydrogen) atoms. The Morgan fingerprint density at radius 3 is 2.40 bits per heavy atom. The number of likely N-dealkylation sites (tertiary alicyclic amines) is 1. The van der Waals surface area contributed by atoms with Gasteiger partial charge < -0.3 is 14.7 Å². The van der Waals surface area contributed by atoms with Crippen LogP contribution in [0.15, 0.2) is 65.8 Å². The average molecular weight is 574 g/mol. The number of aliphatic carboxylic acids is 1. The molecule has 10 heteroatoms. The van der Waals surface area contributed by atoms with Crippen LogP contribution in [0.25, 0.3) is 0 Å². The zero-order chi connectivity index (χ0) is 28.7. The van der Waals surface area contributed by atoms with Crippen molar-refractivity contribution in [3.63, 3.8) is 0 Å². The van der Waals surface area contributed by atoms with E-state index in [1.54, 1.807) is 11.8 Å². The van der Waals surface area contributed by atoms with Crippen molar-refractivity contribution < 1.29 is 27.8 Å². The molecular weight excluding hydrogens is 539 g/mol.